The predicted molar refractivity (Wildman–Crippen MR) is 111 cm³/mol. The fraction of sp³-hybridized carbons (Fsp3) is 0.652. The Morgan fingerprint density at radius 3 is 2.60 bits per heavy atom. The highest BCUT2D eigenvalue weighted by atomic mass is 16.6. The zero-order valence-corrected chi connectivity index (χ0v) is 17.8. The molecule has 3 heterocycles. The van der Waals surface area contributed by atoms with Crippen molar-refractivity contribution in [3.63, 3.8) is 0 Å². The molecule has 0 radical (unpaired) electrons. The highest BCUT2D eigenvalue weighted by molar-refractivity contribution is 5.91. The van der Waals surface area contributed by atoms with Gasteiger partial charge in [-0.1, -0.05) is 12.5 Å². The van der Waals surface area contributed by atoms with Crippen LogP contribution in [0.3, 0.4) is 0 Å². The molecule has 2 aliphatic rings. The number of ketones is 1. The van der Waals surface area contributed by atoms with Gasteiger partial charge in [-0.15, -0.1) is 0 Å². The lowest BCUT2D eigenvalue weighted by atomic mass is 9.85. The number of pyridine rings is 1. The van der Waals surface area contributed by atoms with Crippen LogP contribution in [0.4, 0.5) is 0 Å². The summed E-state index contributed by atoms with van der Waals surface area (Å²) < 4.78 is 11.5. The molecule has 8 unspecified atom stereocenters. The van der Waals surface area contributed by atoms with Gasteiger partial charge in [0.05, 0.1) is 37.1 Å². The molecule has 0 amide bonds. The summed E-state index contributed by atoms with van der Waals surface area (Å²) in [7, 11) is 0. The van der Waals surface area contributed by atoms with E-state index in [-0.39, 0.29) is 29.8 Å². The van der Waals surface area contributed by atoms with Gasteiger partial charge in [0.25, 0.3) is 0 Å². The number of ether oxygens (including phenoxy) is 2. The Bertz CT molecular complexity index is 736. The van der Waals surface area contributed by atoms with Gasteiger partial charge in [0.2, 0.25) is 0 Å². The number of nitrogens with zero attached hydrogens (tertiary/aromatic N) is 1. The third kappa shape index (κ3) is 5.95. The number of epoxide rings is 1. The highest BCUT2D eigenvalue weighted by Gasteiger charge is 2.48. The summed E-state index contributed by atoms with van der Waals surface area (Å²) in [5.41, 5.74) is 1.71. The van der Waals surface area contributed by atoms with Crippen LogP contribution in [0.1, 0.15) is 39.2 Å². The number of aliphatic hydroxyl groups is 3. The molecule has 2 saturated heterocycles. The van der Waals surface area contributed by atoms with E-state index >= 15 is 0 Å². The monoisotopic (exact) mass is 419 g/mol. The summed E-state index contributed by atoms with van der Waals surface area (Å²) in [4.78, 5) is 16.2. The van der Waals surface area contributed by atoms with E-state index < -0.39 is 24.4 Å². The second kappa shape index (κ2) is 10.1. The van der Waals surface area contributed by atoms with Gasteiger partial charge in [-0.2, -0.15) is 0 Å². The Hall–Kier alpha value is -1.64. The zero-order valence-electron chi connectivity index (χ0n) is 17.8. The van der Waals surface area contributed by atoms with E-state index in [1.807, 2.05) is 26.0 Å². The maximum absolute atomic E-state index is 12.2. The van der Waals surface area contributed by atoms with Crippen LogP contribution in [0.15, 0.2) is 36.2 Å². The number of rotatable bonds is 9. The molecule has 1 aromatic rings. The van der Waals surface area contributed by atoms with Crippen molar-refractivity contribution in [1.29, 1.82) is 0 Å². The smallest absolute Gasteiger partial charge is 0.159 e. The molecule has 2 aliphatic heterocycles. The molecule has 0 aliphatic carbocycles. The van der Waals surface area contributed by atoms with Crippen molar-refractivity contribution in [3.8, 4) is 0 Å². The molecule has 0 saturated carbocycles. The molecular weight excluding hydrogens is 386 g/mol. The highest BCUT2D eigenvalue weighted by Crippen LogP contribution is 2.38. The molecule has 1 aromatic heterocycles. The SMILES string of the molecule is C/C(=C\C(=O)Cc1ccncc1)CC1OCC(CC2OC2C(C)C(C)O)C(O)C1O. The molecule has 166 valence electrons. The minimum Gasteiger partial charge on any atom is -0.393 e. The Labute approximate surface area is 177 Å². The number of hydrogen-bond acceptors (Lipinski definition) is 7. The first-order chi connectivity index (χ1) is 14.3. The number of aromatic nitrogens is 1. The standard InChI is InChI=1S/C23H33NO6/c1-13(8-18(26)10-16-4-6-24-7-5-16)9-19-22(28)21(27)17(12-29-19)11-20-23(30-20)14(2)15(3)25/h4-8,14-15,17,19-23,25,27-28H,9-12H2,1-3H3/b13-8+. The van der Waals surface area contributed by atoms with Crippen molar-refractivity contribution in [2.24, 2.45) is 11.8 Å². The molecule has 30 heavy (non-hydrogen) atoms. The van der Waals surface area contributed by atoms with Crippen LogP contribution < -0.4 is 0 Å². The van der Waals surface area contributed by atoms with Crippen LogP contribution in [0.25, 0.3) is 0 Å². The van der Waals surface area contributed by atoms with Crippen molar-refractivity contribution in [2.45, 2.75) is 76.7 Å². The van der Waals surface area contributed by atoms with Crippen LogP contribution in [0.5, 0.6) is 0 Å². The van der Waals surface area contributed by atoms with Gasteiger partial charge in [-0.05, 0) is 50.5 Å². The number of carbonyl (C=O) groups is 1. The molecule has 3 rings (SSSR count). The maximum Gasteiger partial charge on any atom is 0.159 e. The first kappa shape index (κ1) is 23.0. The number of hydrogen-bond donors (Lipinski definition) is 3. The molecule has 8 atom stereocenters. The number of carbonyl (C=O) groups excluding carboxylic acids is 1. The molecule has 3 N–H and O–H groups in total. The van der Waals surface area contributed by atoms with E-state index in [1.54, 1.807) is 25.4 Å². The van der Waals surface area contributed by atoms with Gasteiger partial charge in [0, 0.05) is 30.7 Å². The van der Waals surface area contributed by atoms with E-state index in [1.165, 1.54) is 0 Å². The van der Waals surface area contributed by atoms with E-state index in [4.69, 9.17) is 9.47 Å². The lowest BCUT2D eigenvalue weighted by Crippen LogP contribution is -2.50. The number of allylic oxidation sites excluding steroid dienone is 1. The Kier molecular flexibility index (Phi) is 7.76. The van der Waals surface area contributed by atoms with E-state index in [0.717, 1.165) is 11.1 Å². The van der Waals surface area contributed by atoms with Gasteiger partial charge in [-0.25, -0.2) is 0 Å². The molecule has 7 nitrogen and oxygen atoms in total. The Morgan fingerprint density at radius 2 is 1.93 bits per heavy atom. The molecule has 0 aromatic carbocycles. The Morgan fingerprint density at radius 1 is 1.23 bits per heavy atom. The van der Waals surface area contributed by atoms with Gasteiger partial charge in [0.15, 0.2) is 5.78 Å². The predicted octanol–water partition coefficient (Wildman–Crippen LogP) is 1.44. The minimum absolute atomic E-state index is 0.0105. The van der Waals surface area contributed by atoms with E-state index in [0.29, 0.717) is 25.9 Å². The van der Waals surface area contributed by atoms with E-state index in [9.17, 15) is 20.1 Å². The molecule has 7 heteroatoms. The van der Waals surface area contributed by atoms with Crippen LogP contribution in [-0.4, -0.2) is 69.3 Å². The molecule has 0 bridgehead atoms. The van der Waals surface area contributed by atoms with Crippen molar-refractivity contribution < 1.29 is 29.6 Å². The summed E-state index contributed by atoms with van der Waals surface area (Å²) in [5.74, 6) is -0.205. The maximum atomic E-state index is 12.2. The summed E-state index contributed by atoms with van der Waals surface area (Å²) in [6.45, 7) is 5.85. The van der Waals surface area contributed by atoms with Gasteiger partial charge >= 0.3 is 0 Å². The topological polar surface area (TPSA) is 112 Å². The second-order valence-corrected chi connectivity index (χ2v) is 8.78. The lowest BCUT2D eigenvalue weighted by Gasteiger charge is -2.38. The van der Waals surface area contributed by atoms with Crippen molar-refractivity contribution >= 4 is 5.78 Å². The average molecular weight is 420 g/mol. The number of aliphatic hydroxyl groups excluding tert-OH is 3. The van der Waals surface area contributed by atoms with Gasteiger partial charge < -0.3 is 24.8 Å². The molecule has 2 fully saturated rings. The first-order valence-electron chi connectivity index (χ1n) is 10.7. The Balaban J connectivity index is 1.47. The average Bonchev–Trinajstić information content (AvgIpc) is 3.46. The second-order valence-electron chi connectivity index (χ2n) is 8.78. The summed E-state index contributed by atoms with van der Waals surface area (Å²) >= 11 is 0. The molecule has 0 spiro atoms. The largest absolute Gasteiger partial charge is 0.393 e. The minimum atomic E-state index is -1.02. The third-order valence-electron chi connectivity index (χ3n) is 6.23. The zero-order chi connectivity index (χ0) is 21.8. The van der Waals surface area contributed by atoms with Crippen LogP contribution in [-0.2, 0) is 20.7 Å². The first-order valence-corrected chi connectivity index (χ1v) is 10.7. The van der Waals surface area contributed by atoms with Gasteiger partial charge in [-0.3, -0.25) is 9.78 Å². The van der Waals surface area contributed by atoms with Crippen molar-refractivity contribution in [2.75, 3.05) is 6.61 Å². The van der Waals surface area contributed by atoms with Crippen molar-refractivity contribution in [1.82, 2.24) is 4.98 Å². The molecular formula is C23H33NO6. The lowest BCUT2D eigenvalue weighted by molar-refractivity contribution is -0.165. The van der Waals surface area contributed by atoms with Crippen LogP contribution >= 0.6 is 0 Å². The van der Waals surface area contributed by atoms with E-state index in [2.05, 4.69) is 4.98 Å². The third-order valence-corrected chi connectivity index (χ3v) is 6.23. The quantitative estimate of drug-likeness (QED) is 0.410. The van der Waals surface area contributed by atoms with Gasteiger partial charge in [0.1, 0.15) is 6.10 Å². The summed E-state index contributed by atoms with van der Waals surface area (Å²) in [6.07, 6.45) is 3.21. The van der Waals surface area contributed by atoms with Crippen LogP contribution in [0, 0.1) is 11.8 Å². The summed E-state index contributed by atoms with van der Waals surface area (Å²) in [5, 5.41) is 30.8. The normalized spacial score (nSPS) is 33.7. The fourth-order valence-corrected chi connectivity index (χ4v) is 4.12. The van der Waals surface area contributed by atoms with Crippen molar-refractivity contribution in [3.05, 3.63) is 41.7 Å². The summed E-state index contributed by atoms with van der Waals surface area (Å²) in [6, 6.07) is 3.61. The fourth-order valence-electron chi connectivity index (χ4n) is 4.12. The van der Waals surface area contributed by atoms with Crippen LogP contribution in [0.2, 0.25) is 0 Å².